The molecule has 0 aliphatic carbocycles. The van der Waals surface area contributed by atoms with Crippen molar-refractivity contribution in [2.24, 2.45) is 0 Å². The lowest BCUT2D eigenvalue weighted by Gasteiger charge is -2.11. The van der Waals surface area contributed by atoms with E-state index in [1.807, 2.05) is 42.5 Å². The van der Waals surface area contributed by atoms with Crippen LogP contribution in [0.4, 0.5) is 17.6 Å². The summed E-state index contributed by atoms with van der Waals surface area (Å²) < 4.78 is 7.33. The van der Waals surface area contributed by atoms with E-state index in [-0.39, 0.29) is 12.6 Å². The molecule has 3 N–H and O–H groups in total. The van der Waals surface area contributed by atoms with Crippen molar-refractivity contribution in [3.8, 4) is 11.4 Å². The Bertz CT molecular complexity index is 1080. The van der Waals surface area contributed by atoms with Gasteiger partial charge in [0.05, 0.1) is 5.69 Å². The molecular weight excluding hydrogens is 370 g/mol. The van der Waals surface area contributed by atoms with Crippen molar-refractivity contribution in [3.63, 3.8) is 0 Å². The monoisotopic (exact) mass is 389 g/mol. The van der Waals surface area contributed by atoms with E-state index in [1.165, 1.54) is 6.33 Å². The molecule has 0 bridgehead atoms. The van der Waals surface area contributed by atoms with Crippen LogP contribution in [0.25, 0.3) is 5.69 Å². The standard InChI is InChI=1S/C19H19N9O/c1-2-13-5-3-4-6-16(13)22-19-24-17(23-18(20)25-19)11-29-15-9-7-14(8-10-15)28-12-21-26-27-28/h3-10,12H,2,11H2,1H3,(H3,20,22,23,24,25). The molecule has 0 atom stereocenters. The lowest BCUT2D eigenvalue weighted by Crippen LogP contribution is -2.10. The zero-order chi connectivity index (χ0) is 20.1. The van der Waals surface area contributed by atoms with Gasteiger partial charge in [-0.2, -0.15) is 15.0 Å². The highest BCUT2D eigenvalue weighted by Crippen LogP contribution is 2.20. The molecule has 2 aromatic carbocycles. The molecule has 146 valence electrons. The molecule has 0 fully saturated rings. The summed E-state index contributed by atoms with van der Waals surface area (Å²) in [5, 5.41) is 14.3. The van der Waals surface area contributed by atoms with Crippen LogP contribution in [0.1, 0.15) is 18.3 Å². The Morgan fingerprint density at radius 1 is 1.03 bits per heavy atom. The van der Waals surface area contributed by atoms with Crippen LogP contribution < -0.4 is 15.8 Å². The Kier molecular flexibility index (Phi) is 5.23. The number of aryl methyl sites for hydroxylation is 1. The van der Waals surface area contributed by atoms with E-state index in [0.29, 0.717) is 17.5 Å². The highest BCUT2D eigenvalue weighted by Gasteiger charge is 2.08. The van der Waals surface area contributed by atoms with Crippen LogP contribution in [-0.2, 0) is 13.0 Å². The summed E-state index contributed by atoms with van der Waals surface area (Å²) in [4.78, 5) is 12.7. The number of rotatable bonds is 7. The second-order valence-corrected chi connectivity index (χ2v) is 6.11. The fraction of sp³-hybridized carbons (Fsp3) is 0.158. The van der Waals surface area contributed by atoms with Crippen LogP contribution in [0.3, 0.4) is 0 Å². The highest BCUT2D eigenvalue weighted by atomic mass is 16.5. The summed E-state index contributed by atoms with van der Waals surface area (Å²) in [5.41, 5.74) is 8.77. The summed E-state index contributed by atoms with van der Waals surface area (Å²) in [6.07, 6.45) is 2.41. The SMILES string of the molecule is CCc1ccccc1Nc1nc(N)nc(COc2ccc(-n3cnnn3)cc2)n1. The van der Waals surface area contributed by atoms with Crippen molar-refractivity contribution in [1.82, 2.24) is 35.2 Å². The average molecular weight is 389 g/mol. The number of benzene rings is 2. The third kappa shape index (κ3) is 4.43. The molecule has 2 heterocycles. The van der Waals surface area contributed by atoms with Crippen molar-refractivity contribution in [3.05, 3.63) is 66.2 Å². The van der Waals surface area contributed by atoms with Gasteiger partial charge in [0, 0.05) is 5.69 Å². The molecular formula is C19H19N9O. The minimum absolute atomic E-state index is 0.129. The molecule has 0 saturated heterocycles. The van der Waals surface area contributed by atoms with Gasteiger partial charge in [-0.3, -0.25) is 0 Å². The Morgan fingerprint density at radius 2 is 1.86 bits per heavy atom. The molecule has 0 saturated carbocycles. The summed E-state index contributed by atoms with van der Waals surface area (Å²) >= 11 is 0. The van der Waals surface area contributed by atoms with Gasteiger partial charge >= 0.3 is 0 Å². The first-order chi connectivity index (χ1) is 14.2. The lowest BCUT2D eigenvalue weighted by molar-refractivity contribution is 0.296. The van der Waals surface area contributed by atoms with Gasteiger partial charge in [-0.1, -0.05) is 25.1 Å². The number of hydrogen-bond donors (Lipinski definition) is 2. The smallest absolute Gasteiger partial charge is 0.232 e. The molecule has 10 heteroatoms. The average Bonchev–Trinajstić information content (AvgIpc) is 3.28. The first-order valence-corrected chi connectivity index (χ1v) is 9.03. The van der Waals surface area contributed by atoms with Crippen LogP contribution in [0.2, 0.25) is 0 Å². The molecule has 0 aliphatic rings. The lowest BCUT2D eigenvalue weighted by atomic mass is 10.1. The van der Waals surface area contributed by atoms with Gasteiger partial charge in [-0.15, -0.1) is 5.10 Å². The van der Waals surface area contributed by atoms with Crippen LogP contribution in [0, 0.1) is 0 Å². The maximum absolute atomic E-state index is 5.85. The fourth-order valence-electron chi connectivity index (χ4n) is 2.75. The normalized spacial score (nSPS) is 10.7. The van der Waals surface area contributed by atoms with E-state index >= 15 is 0 Å². The van der Waals surface area contributed by atoms with Gasteiger partial charge in [0.2, 0.25) is 11.9 Å². The molecule has 2 aromatic heterocycles. The van der Waals surface area contributed by atoms with E-state index in [9.17, 15) is 0 Å². The topological polar surface area (TPSA) is 130 Å². The van der Waals surface area contributed by atoms with Crippen molar-refractivity contribution in [2.45, 2.75) is 20.0 Å². The van der Waals surface area contributed by atoms with Crippen molar-refractivity contribution >= 4 is 17.6 Å². The van der Waals surface area contributed by atoms with Gasteiger partial charge < -0.3 is 15.8 Å². The Morgan fingerprint density at radius 3 is 2.62 bits per heavy atom. The number of aromatic nitrogens is 7. The molecule has 0 aliphatic heterocycles. The third-order valence-electron chi connectivity index (χ3n) is 4.16. The fourth-order valence-corrected chi connectivity index (χ4v) is 2.75. The zero-order valence-electron chi connectivity index (χ0n) is 15.7. The highest BCUT2D eigenvalue weighted by molar-refractivity contribution is 5.58. The number of anilines is 3. The number of nitrogens with zero attached hydrogens (tertiary/aromatic N) is 7. The molecule has 0 spiro atoms. The quantitative estimate of drug-likeness (QED) is 0.489. The van der Waals surface area contributed by atoms with Gasteiger partial charge in [0.25, 0.3) is 0 Å². The first kappa shape index (κ1) is 18.3. The summed E-state index contributed by atoms with van der Waals surface area (Å²) in [6, 6.07) is 15.3. The molecule has 4 aromatic rings. The van der Waals surface area contributed by atoms with E-state index in [4.69, 9.17) is 10.5 Å². The number of nitrogens with two attached hydrogens (primary N) is 1. The largest absolute Gasteiger partial charge is 0.486 e. The number of hydrogen-bond acceptors (Lipinski definition) is 9. The minimum Gasteiger partial charge on any atom is -0.486 e. The molecule has 0 radical (unpaired) electrons. The molecule has 0 unspecified atom stereocenters. The number of nitrogens with one attached hydrogen (secondary N) is 1. The predicted octanol–water partition coefficient (Wildman–Crippen LogP) is 2.31. The van der Waals surface area contributed by atoms with Crippen molar-refractivity contribution in [1.29, 1.82) is 0 Å². The first-order valence-electron chi connectivity index (χ1n) is 9.03. The third-order valence-corrected chi connectivity index (χ3v) is 4.16. The maximum atomic E-state index is 5.85. The maximum Gasteiger partial charge on any atom is 0.232 e. The Balaban J connectivity index is 1.45. The van der Waals surface area contributed by atoms with Crippen LogP contribution >= 0.6 is 0 Å². The van der Waals surface area contributed by atoms with Crippen LogP contribution in [0.5, 0.6) is 5.75 Å². The summed E-state index contributed by atoms with van der Waals surface area (Å²) in [7, 11) is 0. The van der Waals surface area contributed by atoms with E-state index in [0.717, 1.165) is 23.4 Å². The van der Waals surface area contributed by atoms with E-state index in [1.54, 1.807) is 4.68 Å². The van der Waals surface area contributed by atoms with E-state index in [2.05, 4.69) is 48.8 Å². The Labute approximate surface area is 166 Å². The van der Waals surface area contributed by atoms with E-state index < -0.39 is 0 Å². The van der Waals surface area contributed by atoms with Crippen LogP contribution in [0.15, 0.2) is 54.9 Å². The zero-order valence-corrected chi connectivity index (χ0v) is 15.7. The second kappa shape index (κ2) is 8.30. The minimum atomic E-state index is 0.129. The number of ether oxygens (including phenoxy) is 1. The second-order valence-electron chi connectivity index (χ2n) is 6.11. The number of para-hydroxylation sites is 1. The van der Waals surface area contributed by atoms with Gasteiger partial charge in [0.15, 0.2) is 5.82 Å². The van der Waals surface area contributed by atoms with Crippen molar-refractivity contribution < 1.29 is 4.74 Å². The van der Waals surface area contributed by atoms with Crippen molar-refractivity contribution in [2.75, 3.05) is 11.1 Å². The summed E-state index contributed by atoms with van der Waals surface area (Å²) in [6.45, 7) is 2.24. The molecule has 4 rings (SSSR count). The molecule has 29 heavy (non-hydrogen) atoms. The summed E-state index contributed by atoms with van der Waals surface area (Å²) in [5.74, 6) is 1.60. The number of tetrazole rings is 1. The Hall–Kier alpha value is -4.08. The van der Waals surface area contributed by atoms with Gasteiger partial charge in [0.1, 0.15) is 18.7 Å². The molecule has 0 amide bonds. The predicted molar refractivity (Wildman–Crippen MR) is 107 cm³/mol. The van der Waals surface area contributed by atoms with Gasteiger partial charge in [-0.05, 0) is 52.7 Å². The van der Waals surface area contributed by atoms with Crippen LogP contribution in [-0.4, -0.2) is 35.2 Å². The molecule has 10 nitrogen and oxygen atoms in total. The number of nitrogen functional groups attached to an aromatic ring is 1. The van der Waals surface area contributed by atoms with Gasteiger partial charge in [-0.25, -0.2) is 4.68 Å².